The van der Waals surface area contributed by atoms with E-state index in [0.717, 1.165) is 0 Å². The molecule has 0 bridgehead atoms. The van der Waals surface area contributed by atoms with Gasteiger partial charge in [0.05, 0.1) is 36.5 Å². The molecule has 0 N–H and O–H groups in total. The smallest absolute Gasteiger partial charge is 0.410 e. The summed E-state index contributed by atoms with van der Waals surface area (Å²) >= 11 is 0. The Kier molecular flexibility index (Phi) is 11.5. The summed E-state index contributed by atoms with van der Waals surface area (Å²) in [5.41, 5.74) is -2.57. The van der Waals surface area contributed by atoms with E-state index in [4.69, 9.17) is 13.9 Å². The molecule has 44 heavy (non-hydrogen) atoms. The molecule has 0 saturated carbocycles. The van der Waals surface area contributed by atoms with Crippen molar-refractivity contribution in [3.05, 3.63) is 82.9 Å². The molecular weight excluding hydrogens is 604 g/mol. The molecule has 0 spiro atoms. The summed E-state index contributed by atoms with van der Waals surface area (Å²) in [7, 11) is -1.27. The van der Waals surface area contributed by atoms with E-state index in [1.165, 1.54) is 6.92 Å². The highest BCUT2D eigenvalue weighted by atomic mass is 28.3. The Morgan fingerprint density at radius 1 is 0.909 bits per heavy atom. The molecule has 3 rings (SSSR count). The summed E-state index contributed by atoms with van der Waals surface area (Å²) in [5, 5.41) is 0. The lowest BCUT2D eigenvalue weighted by molar-refractivity contribution is -0.153. The van der Waals surface area contributed by atoms with Crippen LogP contribution in [0.3, 0.4) is 0 Å². The number of hydrogen-bond donors (Lipinski definition) is 0. The second-order valence-corrected chi connectivity index (χ2v) is 14.3. The van der Waals surface area contributed by atoms with E-state index in [2.05, 4.69) is 6.58 Å². The molecule has 4 atom stereocenters. The Morgan fingerprint density at radius 3 is 1.89 bits per heavy atom. The van der Waals surface area contributed by atoms with E-state index in [1.54, 1.807) is 35.2 Å². The van der Waals surface area contributed by atoms with Crippen LogP contribution in [0.15, 0.2) is 60.7 Å². The molecule has 1 aliphatic heterocycles. The molecule has 1 aliphatic rings. The molecule has 2 aromatic carbocycles. The molecule has 1 radical (unpaired) electrons. The van der Waals surface area contributed by atoms with Gasteiger partial charge < -0.3 is 18.8 Å². The predicted octanol–water partition coefficient (Wildman–Crippen LogP) is 8.05. The fourth-order valence-electron chi connectivity index (χ4n) is 5.21. The number of hydrogen-bond acceptors (Lipinski definition) is 4. The van der Waals surface area contributed by atoms with E-state index < -0.39 is 68.1 Å². The Labute approximate surface area is 256 Å². The zero-order valence-electron chi connectivity index (χ0n) is 25.8. The molecule has 0 aromatic heterocycles. The van der Waals surface area contributed by atoms with Gasteiger partial charge >= 0.3 is 12.4 Å². The van der Waals surface area contributed by atoms with E-state index in [1.807, 2.05) is 33.9 Å². The topological polar surface area (TPSA) is 48.0 Å². The van der Waals surface area contributed by atoms with E-state index in [9.17, 15) is 31.1 Å². The van der Waals surface area contributed by atoms with Gasteiger partial charge in [-0.1, -0.05) is 57.7 Å². The van der Waals surface area contributed by atoms with Crippen LogP contribution in [0.2, 0.25) is 13.1 Å². The lowest BCUT2D eigenvalue weighted by atomic mass is 9.76. The number of morpholine rings is 1. The first-order valence-electron chi connectivity index (χ1n) is 14.3. The van der Waals surface area contributed by atoms with Crippen molar-refractivity contribution in [3.63, 3.8) is 0 Å². The third-order valence-electron chi connectivity index (χ3n) is 7.33. The molecule has 1 saturated heterocycles. The van der Waals surface area contributed by atoms with Crippen molar-refractivity contribution in [1.29, 1.82) is 0 Å². The van der Waals surface area contributed by atoms with E-state index in [-0.39, 0.29) is 37.9 Å². The largest absolute Gasteiger partial charge is 0.416 e. The van der Waals surface area contributed by atoms with Gasteiger partial charge in [0.2, 0.25) is 9.04 Å². The van der Waals surface area contributed by atoms with Crippen molar-refractivity contribution in [3.8, 4) is 0 Å². The van der Waals surface area contributed by atoms with Gasteiger partial charge in [-0.25, -0.2) is 0 Å². The second kappa shape index (κ2) is 14.2. The zero-order chi connectivity index (χ0) is 33.0. The minimum Gasteiger partial charge on any atom is -0.410 e. The van der Waals surface area contributed by atoms with Crippen LogP contribution in [-0.2, 0) is 31.0 Å². The molecule has 1 unspecified atom stereocenters. The molecule has 243 valence electrons. The molecule has 12 heteroatoms. The first kappa shape index (κ1) is 35.8. The Balaban J connectivity index is 2.19. The average Bonchev–Trinajstić information content (AvgIpc) is 2.94. The summed E-state index contributed by atoms with van der Waals surface area (Å²) in [5.74, 6) is -1.31. The summed E-state index contributed by atoms with van der Waals surface area (Å²) in [6.45, 7) is 16.6. The second-order valence-electron chi connectivity index (χ2n) is 12.2. The number of carbonyl (C=O) groups excluding carboxylic acids is 1. The van der Waals surface area contributed by atoms with Crippen LogP contribution >= 0.6 is 0 Å². The highest BCUT2D eigenvalue weighted by molar-refractivity contribution is 6.48. The minimum atomic E-state index is -5.03. The van der Waals surface area contributed by atoms with Gasteiger partial charge in [0.1, 0.15) is 6.10 Å². The highest BCUT2D eigenvalue weighted by Gasteiger charge is 2.43. The maximum atomic E-state index is 14.2. The average molecular weight is 645 g/mol. The summed E-state index contributed by atoms with van der Waals surface area (Å²) < 4.78 is 100. The maximum absolute atomic E-state index is 14.2. The Morgan fingerprint density at radius 2 is 1.43 bits per heavy atom. The predicted molar refractivity (Wildman–Crippen MR) is 157 cm³/mol. The molecule has 1 fully saturated rings. The normalized spacial score (nSPS) is 17.7. The van der Waals surface area contributed by atoms with Crippen LogP contribution in [-0.4, -0.2) is 58.4 Å². The number of rotatable bonds is 10. The van der Waals surface area contributed by atoms with Crippen LogP contribution in [0.4, 0.5) is 26.3 Å². The van der Waals surface area contributed by atoms with E-state index in [0.29, 0.717) is 23.3 Å². The Bertz CT molecular complexity index is 1240. The first-order valence-corrected chi connectivity index (χ1v) is 16.7. The summed E-state index contributed by atoms with van der Waals surface area (Å²) in [6, 6.07) is 10.3. The van der Waals surface area contributed by atoms with Gasteiger partial charge in [0, 0.05) is 19.0 Å². The van der Waals surface area contributed by atoms with Crippen molar-refractivity contribution >= 4 is 14.9 Å². The van der Waals surface area contributed by atoms with Crippen LogP contribution in [0.25, 0.3) is 0 Å². The zero-order valence-corrected chi connectivity index (χ0v) is 26.8. The Hall–Kier alpha value is -2.67. The summed E-state index contributed by atoms with van der Waals surface area (Å²) in [4.78, 5) is 15.8. The van der Waals surface area contributed by atoms with Crippen molar-refractivity contribution in [2.24, 2.45) is 5.41 Å². The number of carbonyl (C=O) groups is 1. The van der Waals surface area contributed by atoms with Crippen LogP contribution in [0.1, 0.15) is 62.0 Å². The number of ether oxygens (including phenoxy) is 2. The standard InChI is InChI=1S/C32H40F6NO4Si/c1-20(28(30(3,4)5)43-44(6)7)26(22-11-9-8-10-12-22)27(29(40)39-13-15-41-16-14-39)42-21(2)23-17-24(31(33,34)35)19-25(18-23)32(36,37)38/h8-12,17-19,21,26-28H,1,13-16H2,2-7H3/t21-,26-,27+,28?/m1/s1. The van der Waals surface area contributed by atoms with Gasteiger partial charge in [-0.3, -0.25) is 4.79 Å². The fraction of sp³-hybridized carbons (Fsp3) is 0.531. The maximum Gasteiger partial charge on any atom is 0.416 e. The molecule has 0 aliphatic carbocycles. The molecule has 1 heterocycles. The van der Waals surface area contributed by atoms with Gasteiger partial charge in [-0.05, 0) is 60.3 Å². The van der Waals surface area contributed by atoms with Gasteiger partial charge in [-0.15, -0.1) is 0 Å². The number of nitrogens with zero attached hydrogens (tertiary/aromatic N) is 1. The number of benzene rings is 2. The van der Waals surface area contributed by atoms with Crippen molar-refractivity contribution < 1.29 is 45.0 Å². The lowest BCUT2D eigenvalue weighted by Crippen LogP contribution is -2.50. The van der Waals surface area contributed by atoms with Crippen molar-refractivity contribution in [2.75, 3.05) is 26.3 Å². The number of amides is 1. The van der Waals surface area contributed by atoms with Crippen LogP contribution in [0.5, 0.6) is 0 Å². The molecular formula is C32H40F6NO4Si. The van der Waals surface area contributed by atoms with E-state index >= 15 is 0 Å². The molecule has 2 aromatic rings. The van der Waals surface area contributed by atoms with Crippen LogP contribution in [0, 0.1) is 5.41 Å². The number of halogens is 6. The van der Waals surface area contributed by atoms with Crippen LogP contribution < -0.4 is 0 Å². The number of alkyl halides is 6. The molecule has 5 nitrogen and oxygen atoms in total. The quantitative estimate of drug-likeness (QED) is 0.149. The SMILES string of the molecule is C=C(C(O[Si](C)C)C(C)(C)C)[C@H](c1ccccc1)[C@H](O[C@H](C)c1cc(C(F)(F)F)cc(C(F)(F)F)c1)C(=O)N1CCOCC1. The summed E-state index contributed by atoms with van der Waals surface area (Å²) in [6.07, 6.45) is -13.3. The molecule has 1 amide bonds. The van der Waals surface area contributed by atoms with Crippen molar-refractivity contribution in [2.45, 2.75) is 77.4 Å². The van der Waals surface area contributed by atoms with Gasteiger partial charge in [0.25, 0.3) is 5.91 Å². The highest BCUT2D eigenvalue weighted by Crippen LogP contribution is 2.42. The monoisotopic (exact) mass is 644 g/mol. The van der Waals surface area contributed by atoms with Gasteiger partial charge in [0.15, 0.2) is 0 Å². The fourth-order valence-corrected chi connectivity index (χ4v) is 6.18. The van der Waals surface area contributed by atoms with Crippen molar-refractivity contribution in [1.82, 2.24) is 4.90 Å². The third kappa shape index (κ3) is 9.18. The minimum absolute atomic E-state index is 0.0707. The van der Waals surface area contributed by atoms with Gasteiger partial charge in [-0.2, -0.15) is 26.3 Å². The third-order valence-corrected chi connectivity index (χ3v) is 8.04. The first-order chi connectivity index (χ1) is 20.3. The lowest BCUT2D eigenvalue weighted by Gasteiger charge is -2.41.